The molecular formula is C14H16BrN3O2S. The molecule has 2 rings (SSSR count). The van der Waals surface area contributed by atoms with Gasteiger partial charge in [0.1, 0.15) is 10.7 Å². The highest BCUT2D eigenvalue weighted by molar-refractivity contribution is 9.10. The van der Waals surface area contributed by atoms with Gasteiger partial charge in [0, 0.05) is 28.2 Å². The monoisotopic (exact) mass is 369 g/mol. The molecule has 0 radical (unpaired) electrons. The van der Waals surface area contributed by atoms with Crippen molar-refractivity contribution >= 4 is 38.9 Å². The zero-order valence-corrected chi connectivity index (χ0v) is 14.1. The van der Waals surface area contributed by atoms with Gasteiger partial charge in [-0.3, -0.25) is 4.79 Å². The van der Waals surface area contributed by atoms with Gasteiger partial charge in [-0.1, -0.05) is 22.0 Å². The molecule has 0 bridgehead atoms. The van der Waals surface area contributed by atoms with Gasteiger partial charge >= 0.3 is 0 Å². The number of rotatable bonds is 5. The fraction of sp³-hybridized carbons (Fsp3) is 0.286. The summed E-state index contributed by atoms with van der Waals surface area (Å²) >= 11 is 4.84. The molecule has 7 heteroatoms. The number of thiazole rings is 1. The van der Waals surface area contributed by atoms with E-state index in [1.807, 2.05) is 25.1 Å². The lowest BCUT2D eigenvalue weighted by Gasteiger charge is -2.11. The Morgan fingerprint density at radius 2 is 2.33 bits per heavy atom. The van der Waals surface area contributed by atoms with Crippen molar-refractivity contribution in [2.45, 2.75) is 19.6 Å². The van der Waals surface area contributed by atoms with Crippen molar-refractivity contribution < 1.29 is 9.53 Å². The predicted octanol–water partition coefficient (Wildman–Crippen LogP) is 3.32. The number of ether oxygens (including phenoxy) is 1. The molecule has 1 aromatic carbocycles. The van der Waals surface area contributed by atoms with Crippen LogP contribution in [-0.4, -0.2) is 18.0 Å². The Morgan fingerprint density at radius 1 is 1.57 bits per heavy atom. The molecule has 1 unspecified atom stereocenters. The van der Waals surface area contributed by atoms with Crippen LogP contribution in [0.3, 0.4) is 0 Å². The highest BCUT2D eigenvalue weighted by Gasteiger charge is 2.15. The van der Waals surface area contributed by atoms with Gasteiger partial charge in [0.15, 0.2) is 0 Å². The first kappa shape index (κ1) is 16.1. The first-order valence-electron chi connectivity index (χ1n) is 6.31. The molecule has 0 saturated heterocycles. The van der Waals surface area contributed by atoms with Crippen molar-refractivity contribution in [3.05, 3.63) is 44.3 Å². The third-order valence-corrected chi connectivity index (χ3v) is 4.59. The summed E-state index contributed by atoms with van der Waals surface area (Å²) < 4.78 is 6.05. The van der Waals surface area contributed by atoms with Crippen LogP contribution in [0, 0.1) is 0 Å². The molecule has 0 aliphatic carbocycles. The number of carbonyl (C=O) groups excluding carboxylic acids is 1. The maximum atomic E-state index is 12.3. The molecule has 112 valence electrons. The number of amides is 1. The Hall–Kier alpha value is -1.28. The molecule has 1 atom stereocenters. The van der Waals surface area contributed by atoms with Gasteiger partial charge in [0.25, 0.3) is 5.91 Å². The zero-order valence-electron chi connectivity index (χ0n) is 11.7. The van der Waals surface area contributed by atoms with Crippen LogP contribution in [0.5, 0.6) is 0 Å². The van der Waals surface area contributed by atoms with Crippen molar-refractivity contribution in [1.82, 2.24) is 4.98 Å². The number of nitrogens with one attached hydrogen (secondary N) is 1. The first-order valence-corrected chi connectivity index (χ1v) is 7.99. The lowest BCUT2D eigenvalue weighted by atomic mass is 10.2. The summed E-state index contributed by atoms with van der Waals surface area (Å²) in [5.41, 5.74) is 7.71. The molecule has 0 saturated carbocycles. The minimum Gasteiger partial charge on any atom is -0.380 e. The highest BCUT2D eigenvalue weighted by Crippen LogP contribution is 2.26. The second-order valence-corrected chi connectivity index (χ2v) is 6.26. The molecule has 1 heterocycles. The van der Waals surface area contributed by atoms with Crippen molar-refractivity contribution in [2.75, 3.05) is 12.4 Å². The number of hydrogen-bond donors (Lipinski definition) is 2. The Bertz CT molecular complexity index is 643. The van der Waals surface area contributed by atoms with Crippen LogP contribution in [0.25, 0.3) is 0 Å². The second-order valence-electron chi connectivity index (χ2n) is 4.51. The largest absolute Gasteiger partial charge is 0.380 e. The number of aromatic nitrogens is 1. The lowest BCUT2D eigenvalue weighted by molar-refractivity contribution is 0.102. The predicted molar refractivity (Wildman–Crippen MR) is 87.5 cm³/mol. The summed E-state index contributed by atoms with van der Waals surface area (Å²) in [7, 11) is 1.61. The van der Waals surface area contributed by atoms with Gasteiger partial charge in [-0.2, -0.15) is 0 Å². The molecule has 21 heavy (non-hydrogen) atoms. The first-order chi connectivity index (χ1) is 10.0. The van der Waals surface area contributed by atoms with Crippen LogP contribution in [0.1, 0.15) is 34.0 Å². The van der Waals surface area contributed by atoms with E-state index in [4.69, 9.17) is 10.5 Å². The maximum Gasteiger partial charge on any atom is 0.275 e. The van der Waals surface area contributed by atoms with Crippen molar-refractivity contribution in [2.24, 2.45) is 5.73 Å². The number of methoxy groups -OCH3 is 1. The summed E-state index contributed by atoms with van der Waals surface area (Å²) in [6.45, 7) is 2.24. The summed E-state index contributed by atoms with van der Waals surface area (Å²) in [5.74, 6) is -0.256. The molecular weight excluding hydrogens is 354 g/mol. The normalized spacial score (nSPS) is 12.2. The average Bonchev–Trinajstić information content (AvgIpc) is 2.92. The quantitative estimate of drug-likeness (QED) is 0.847. The van der Waals surface area contributed by atoms with Gasteiger partial charge < -0.3 is 15.8 Å². The Labute approximate surface area is 135 Å². The zero-order chi connectivity index (χ0) is 15.4. The van der Waals surface area contributed by atoms with E-state index in [9.17, 15) is 4.79 Å². The van der Waals surface area contributed by atoms with E-state index in [1.165, 1.54) is 11.3 Å². The van der Waals surface area contributed by atoms with Gasteiger partial charge in [-0.25, -0.2) is 4.98 Å². The fourth-order valence-corrected chi connectivity index (χ4v) is 2.99. The van der Waals surface area contributed by atoms with Crippen LogP contribution in [-0.2, 0) is 11.3 Å². The number of anilines is 1. The molecule has 1 aromatic heterocycles. The SMILES string of the molecule is COCc1c(Br)cccc1NC(=O)c1csc(C(C)N)n1. The van der Waals surface area contributed by atoms with E-state index in [1.54, 1.807) is 12.5 Å². The van der Waals surface area contributed by atoms with E-state index in [-0.39, 0.29) is 11.9 Å². The van der Waals surface area contributed by atoms with E-state index < -0.39 is 0 Å². The van der Waals surface area contributed by atoms with Crippen molar-refractivity contribution in [1.29, 1.82) is 0 Å². The molecule has 0 fully saturated rings. The molecule has 0 spiro atoms. The minimum atomic E-state index is -0.256. The number of halogens is 1. The summed E-state index contributed by atoms with van der Waals surface area (Å²) in [6.07, 6.45) is 0. The summed E-state index contributed by atoms with van der Waals surface area (Å²) in [4.78, 5) is 16.5. The van der Waals surface area contributed by atoms with Gasteiger partial charge in [-0.05, 0) is 19.1 Å². The van der Waals surface area contributed by atoms with Crippen LogP contribution in [0.15, 0.2) is 28.1 Å². The van der Waals surface area contributed by atoms with Gasteiger partial charge in [0.05, 0.1) is 12.6 Å². The van der Waals surface area contributed by atoms with Crippen molar-refractivity contribution in [3.63, 3.8) is 0 Å². The van der Waals surface area contributed by atoms with E-state index in [2.05, 4.69) is 26.2 Å². The average molecular weight is 370 g/mol. The molecule has 1 amide bonds. The van der Waals surface area contributed by atoms with Gasteiger partial charge in [-0.15, -0.1) is 11.3 Å². The standard InChI is InChI=1S/C14H16BrN3O2S/c1-8(16)14-18-12(7-21-14)13(19)17-11-5-3-4-10(15)9(11)6-20-2/h3-5,7-8H,6,16H2,1-2H3,(H,17,19). The van der Waals surface area contributed by atoms with Crippen molar-refractivity contribution in [3.8, 4) is 0 Å². The number of benzene rings is 1. The Kier molecular flexibility index (Phi) is 5.46. The Morgan fingerprint density at radius 3 is 2.95 bits per heavy atom. The van der Waals surface area contributed by atoms with E-state index >= 15 is 0 Å². The lowest BCUT2D eigenvalue weighted by Crippen LogP contribution is -2.15. The van der Waals surface area contributed by atoms with Crippen LogP contribution >= 0.6 is 27.3 Å². The highest BCUT2D eigenvalue weighted by atomic mass is 79.9. The molecule has 0 aliphatic rings. The van der Waals surface area contributed by atoms with Crippen LogP contribution < -0.4 is 11.1 Å². The third-order valence-electron chi connectivity index (χ3n) is 2.80. The molecule has 2 aromatic rings. The third kappa shape index (κ3) is 3.88. The van der Waals surface area contributed by atoms with E-state index in [0.717, 1.165) is 15.0 Å². The van der Waals surface area contributed by atoms with Gasteiger partial charge in [0.2, 0.25) is 0 Å². The number of nitrogens with two attached hydrogens (primary N) is 1. The number of nitrogens with zero attached hydrogens (tertiary/aromatic N) is 1. The maximum absolute atomic E-state index is 12.3. The summed E-state index contributed by atoms with van der Waals surface area (Å²) in [5, 5.41) is 5.31. The van der Waals surface area contributed by atoms with E-state index in [0.29, 0.717) is 18.0 Å². The summed E-state index contributed by atoms with van der Waals surface area (Å²) in [6, 6.07) is 5.41. The number of carbonyl (C=O) groups is 1. The second kappa shape index (κ2) is 7.13. The topological polar surface area (TPSA) is 77.2 Å². The minimum absolute atomic E-state index is 0.175. The smallest absolute Gasteiger partial charge is 0.275 e. The molecule has 0 aliphatic heterocycles. The van der Waals surface area contributed by atoms with Crippen LogP contribution in [0.2, 0.25) is 0 Å². The van der Waals surface area contributed by atoms with Crippen LogP contribution in [0.4, 0.5) is 5.69 Å². The molecule has 3 N–H and O–H groups in total. The number of hydrogen-bond acceptors (Lipinski definition) is 5. The fourth-order valence-electron chi connectivity index (χ4n) is 1.75. The molecule has 5 nitrogen and oxygen atoms in total. The Balaban J connectivity index is 2.21.